The van der Waals surface area contributed by atoms with Gasteiger partial charge in [-0.1, -0.05) is 101 Å². The minimum absolute atomic E-state index is 0. The Bertz CT molecular complexity index is 1030. The fraction of sp³-hybridized carbons (Fsp3) is 0.531. The molecular weight excluding hydrogens is 592 g/mol. The van der Waals surface area contributed by atoms with Gasteiger partial charge in [0.05, 0.1) is 23.2 Å². The molecule has 1 aliphatic heterocycles. The van der Waals surface area contributed by atoms with Crippen molar-refractivity contribution in [3.63, 3.8) is 0 Å². The topological polar surface area (TPSA) is 41.6 Å². The van der Waals surface area contributed by atoms with Gasteiger partial charge in [0, 0.05) is 24.4 Å². The standard InChI is InChI=1S/C32H45ClN2O2S.BrH/c1-3-4-5-6-7-8-9-10-11-12-13-14-20-37-29-18-19-31(30(33)22-29)34-32(36)28-17-15-16-27(21-28)24-35-23-26(2)38-25-35;/h15-19,21-23H,3-14,20,24-25H2,1-2H3,(H,34,36);1H. The number of anilines is 1. The van der Waals surface area contributed by atoms with E-state index in [0.717, 1.165) is 30.2 Å². The average Bonchev–Trinajstić information content (AvgIpc) is 3.32. The van der Waals surface area contributed by atoms with Crippen LogP contribution in [-0.2, 0) is 6.54 Å². The zero-order valence-electron chi connectivity index (χ0n) is 23.7. The second-order valence-corrected chi connectivity index (χ2v) is 11.9. The number of carbonyl (C=O) groups excluding carboxylic acids is 1. The summed E-state index contributed by atoms with van der Waals surface area (Å²) >= 11 is 8.30. The maximum Gasteiger partial charge on any atom is 0.255 e. The molecule has 2 aromatic rings. The molecule has 2 aromatic carbocycles. The lowest BCUT2D eigenvalue weighted by Gasteiger charge is -2.15. The summed E-state index contributed by atoms with van der Waals surface area (Å²) in [6.45, 7) is 5.87. The number of halogens is 2. The van der Waals surface area contributed by atoms with Crippen LogP contribution in [0.1, 0.15) is 107 Å². The van der Waals surface area contributed by atoms with Crippen LogP contribution in [0, 0.1) is 0 Å². The van der Waals surface area contributed by atoms with E-state index in [9.17, 15) is 4.79 Å². The summed E-state index contributed by atoms with van der Waals surface area (Å²) in [7, 11) is 0. The zero-order chi connectivity index (χ0) is 27.0. The van der Waals surface area contributed by atoms with Gasteiger partial charge in [-0.15, -0.1) is 28.7 Å². The van der Waals surface area contributed by atoms with Crippen LogP contribution in [0.15, 0.2) is 53.6 Å². The van der Waals surface area contributed by atoms with Crippen LogP contribution in [0.3, 0.4) is 0 Å². The van der Waals surface area contributed by atoms with Gasteiger partial charge in [0.15, 0.2) is 0 Å². The Kier molecular flexibility index (Phi) is 16.7. The molecule has 0 bridgehead atoms. The molecule has 0 atom stereocenters. The molecular formula is C32H46BrClN2O2S. The minimum Gasteiger partial charge on any atom is -0.494 e. The summed E-state index contributed by atoms with van der Waals surface area (Å²) < 4.78 is 5.90. The third-order valence-corrected chi connectivity index (χ3v) is 8.19. The Morgan fingerprint density at radius 3 is 2.23 bits per heavy atom. The van der Waals surface area contributed by atoms with Gasteiger partial charge in [-0.25, -0.2) is 0 Å². The largest absolute Gasteiger partial charge is 0.494 e. The lowest BCUT2D eigenvalue weighted by atomic mass is 10.1. The number of thioether (sulfide) groups is 1. The van der Waals surface area contributed by atoms with Crippen LogP contribution >= 0.6 is 40.3 Å². The molecule has 0 aliphatic carbocycles. The molecule has 0 saturated heterocycles. The predicted octanol–water partition coefficient (Wildman–Crippen LogP) is 10.6. The van der Waals surface area contributed by atoms with Gasteiger partial charge < -0.3 is 15.0 Å². The van der Waals surface area contributed by atoms with Crippen molar-refractivity contribution in [3.05, 3.63) is 69.7 Å². The van der Waals surface area contributed by atoms with Crippen molar-refractivity contribution < 1.29 is 9.53 Å². The lowest BCUT2D eigenvalue weighted by Crippen LogP contribution is -2.15. The van der Waals surface area contributed by atoms with Gasteiger partial charge >= 0.3 is 0 Å². The van der Waals surface area contributed by atoms with Crippen molar-refractivity contribution in [1.29, 1.82) is 0 Å². The molecule has 1 aliphatic rings. The van der Waals surface area contributed by atoms with E-state index in [-0.39, 0.29) is 22.9 Å². The van der Waals surface area contributed by atoms with E-state index < -0.39 is 0 Å². The Labute approximate surface area is 256 Å². The highest BCUT2D eigenvalue weighted by molar-refractivity contribution is 8.93. The van der Waals surface area contributed by atoms with Crippen molar-refractivity contribution in [2.75, 3.05) is 17.8 Å². The quantitative estimate of drug-likeness (QED) is 0.165. The third-order valence-electron chi connectivity index (χ3n) is 6.85. The van der Waals surface area contributed by atoms with Crippen LogP contribution in [0.5, 0.6) is 5.75 Å². The van der Waals surface area contributed by atoms with Crippen LogP contribution in [0.25, 0.3) is 0 Å². The molecule has 39 heavy (non-hydrogen) atoms. The van der Waals surface area contributed by atoms with Crippen molar-refractivity contribution in [2.45, 2.75) is 97.4 Å². The Balaban J connectivity index is 0.00000533. The third kappa shape index (κ3) is 13.1. The normalized spacial score (nSPS) is 12.7. The highest BCUT2D eigenvalue weighted by Gasteiger charge is 2.13. The number of rotatable bonds is 18. The molecule has 216 valence electrons. The summed E-state index contributed by atoms with van der Waals surface area (Å²) in [5.41, 5.74) is 2.32. The first-order valence-corrected chi connectivity index (χ1v) is 15.8. The summed E-state index contributed by atoms with van der Waals surface area (Å²) in [5.74, 6) is 1.53. The second-order valence-electron chi connectivity index (χ2n) is 10.3. The molecule has 0 spiro atoms. The Morgan fingerprint density at radius 2 is 1.62 bits per heavy atom. The molecule has 0 saturated carbocycles. The van der Waals surface area contributed by atoms with E-state index >= 15 is 0 Å². The summed E-state index contributed by atoms with van der Waals surface area (Å²) in [4.78, 5) is 16.4. The summed E-state index contributed by atoms with van der Waals surface area (Å²) in [6.07, 6.45) is 18.1. The highest BCUT2D eigenvalue weighted by Crippen LogP contribution is 2.28. The first-order chi connectivity index (χ1) is 18.5. The van der Waals surface area contributed by atoms with Crippen LogP contribution in [-0.4, -0.2) is 23.3 Å². The van der Waals surface area contributed by atoms with E-state index in [0.29, 0.717) is 22.9 Å². The molecule has 0 fully saturated rings. The number of amides is 1. The number of nitrogens with zero attached hydrogens (tertiary/aromatic N) is 1. The maximum atomic E-state index is 12.9. The maximum absolute atomic E-state index is 12.9. The first-order valence-electron chi connectivity index (χ1n) is 14.4. The highest BCUT2D eigenvalue weighted by atomic mass is 79.9. The Morgan fingerprint density at radius 1 is 0.949 bits per heavy atom. The van der Waals surface area contributed by atoms with Crippen molar-refractivity contribution in [2.24, 2.45) is 0 Å². The number of hydrogen-bond donors (Lipinski definition) is 1. The molecule has 3 rings (SSSR count). The van der Waals surface area contributed by atoms with Gasteiger partial charge in [0.2, 0.25) is 0 Å². The average molecular weight is 638 g/mol. The molecule has 4 nitrogen and oxygen atoms in total. The fourth-order valence-corrected chi connectivity index (χ4v) is 5.64. The number of carbonyl (C=O) groups is 1. The number of nitrogens with one attached hydrogen (secondary N) is 1. The minimum atomic E-state index is -0.165. The summed E-state index contributed by atoms with van der Waals surface area (Å²) in [5, 5.41) is 3.43. The molecule has 0 radical (unpaired) electrons. The smallest absolute Gasteiger partial charge is 0.255 e. The number of hydrogen-bond acceptors (Lipinski definition) is 4. The molecule has 1 N–H and O–H groups in total. The van der Waals surface area contributed by atoms with E-state index in [1.54, 1.807) is 6.07 Å². The van der Waals surface area contributed by atoms with E-state index in [1.165, 1.54) is 75.5 Å². The Hall–Kier alpha value is -1.63. The zero-order valence-corrected chi connectivity index (χ0v) is 27.0. The number of allylic oxidation sites excluding steroid dienone is 1. The number of benzene rings is 2. The van der Waals surface area contributed by atoms with E-state index in [1.807, 2.05) is 42.1 Å². The van der Waals surface area contributed by atoms with Gasteiger partial charge in [0.1, 0.15) is 5.75 Å². The van der Waals surface area contributed by atoms with Crippen LogP contribution in [0.2, 0.25) is 5.02 Å². The lowest BCUT2D eigenvalue weighted by molar-refractivity contribution is 0.102. The monoisotopic (exact) mass is 636 g/mol. The van der Waals surface area contributed by atoms with Crippen molar-refractivity contribution >= 4 is 51.9 Å². The van der Waals surface area contributed by atoms with Gasteiger partial charge in [-0.2, -0.15) is 0 Å². The van der Waals surface area contributed by atoms with Gasteiger partial charge in [0.25, 0.3) is 5.91 Å². The molecule has 1 heterocycles. The molecule has 7 heteroatoms. The van der Waals surface area contributed by atoms with Crippen molar-refractivity contribution in [3.8, 4) is 5.75 Å². The first kappa shape index (κ1) is 33.6. The van der Waals surface area contributed by atoms with Crippen LogP contribution in [0.4, 0.5) is 5.69 Å². The summed E-state index contributed by atoms with van der Waals surface area (Å²) in [6, 6.07) is 13.2. The van der Waals surface area contributed by atoms with Gasteiger partial charge in [-0.05, 0) is 48.1 Å². The van der Waals surface area contributed by atoms with Crippen molar-refractivity contribution in [1.82, 2.24) is 4.90 Å². The fourth-order valence-electron chi connectivity index (χ4n) is 4.67. The molecule has 0 aromatic heterocycles. The second kappa shape index (κ2) is 19.4. The SMILES string of the molecule is Br.CCCCCCCCCCCCCCOc1ccc(NC(=O)c2cccc(CN3C=C(C)SC3)c2)c(Cl)c1. The molecule has 1 amide bonds. The van der Waals surface area contributed by atoms with Gasteiger partial charge in [-0.3, -0.25) is 4.79 Å². The van der Waals surface area contributed by atoms with E-state index in [2.05, 4.69) is 36.3 Å². The number of unbranched alkanes of at least 4 members (excludes halogenated alkanes) is 11. The molecule has 0 unspecified atom stereocenters. The predicted molar refractivity (Wildman–Crippen MR) is 175 cm³/mol. The number of ether oxygens (including phenoxy) is 1. The van der Waals surface area contributed by atoms with E-state index in [4.69, 9.17) is 16.3 Å². The van der Waals surface area contributed by atoms with Crippen LogP contribution < -0.4 is 10.1 Å².